The largest absolute Gasteiger partial charge is 0.417 e. The fraction of sp³-hybridized carbons (Fsp3) is 0.467. The molecule has 0 radical (unpaired) electrons. The van der Waals surface area contributed by atoms with Gasteiger partial charge in [0.25, 0.3) is 0 Å². The van der Waals surface area contributed by atoms with Crippen LogP contribution < -0.4 is 5.32 Å². The van der Waals surface area contributed by atoms with Crippen molar-refractivity contribution >= 4 is 17.7 Å². The molecule has 1 unspecified atom stereocenters. The number of benzene rings is 1. The van der Waals surface area contributed by atoms with Crippen molar-refractivity contribution in [1.82, 2.24) is 5.32 Å². The minimum atomic E-state index is -4.59. The molecular weight excluding hydrogens is 329 g/mol. The third-order valence-corrected chi connectivity index (χ3v) is 4.33. The van der Waals surface area contributed by atoms with Crippen LogP contribution >= 0.6 is 11.8 Å². The molecule has 124 valence electrons. The van der Waals surface area contributed by atoms with Crippen LogP contribution in [-0.4, -0.2) is 30.9 Å². The Morgan fingerprint density at radius 3 is 2.87 bits per heavy atom. The molecule has 0 aromatic heterocycles. The molecule has 1 N–H and O–H groups in total. The highest BCUT2D eigenvalue weighted by atomic mass is 32.2. The van der Waals surface area contributed by atoms with E-state index in [0.29, 0.717) is 18.0 Å². The molecule has 1 aliphatic heterocycles. The van der Waals surface area contributed by atoms with E-state index in [1.807, 2.05) is 0 Å². The van der Waals surface area contributed by atoms with Crippen molar-refractivity contribution in [3.63, 3.8) is 0 Å². The van der Waals surface area contributed by atoms with Gasteiger partial charge in [-0.3, -0.25) is 4.79 Å². The highest BCUT2D eigenvalue weighted by Crippen LogP contribution is 2.34. The fourth-order valence-corrected chi connectivity index (χ4v) is 2.94. The van der Waals surface area contributed by atoms with Crippen LogP contribution in [0.5, 0.6) is 0 Å². The van der Waals surface area contributed by atoms with E-state index in [4.69, 9.17) is 10.00 Å². The Labute approximate surface area is 136 Å². The quantitative estimate of drug-likeness (QED) is 0.834. The van der Waals surface area contributed by atoms with E-state index in [1.165, 1.54) is 12.1 Å². The molecule has 1 aromatic carbocycles. The molecule has 1 fully saturated rings. The average molecular weight is 344 g/mol. The zero-order valence-electron chi connectivity index (χ0n) is 12.2. The van der Waals surface area contributed by atoms with E-state index in [0.717, 1.165) is 36.7 Å². The highest BCUT2D eigenvalue weighted by Gasteiger charge is 2.33. The molecule has 23 heavy (non-hydrogen) atoms. The summed E-state index contributed by atoms with van der Waals surface area (Å²) in [6.07, 6.45) is -2.70. The lowest BCUT2D eigenvalue weighted by molar-refractivity contribution is -0.137. The number of rotatable bonds is 5. The number of carbonyl (C=O) groups is 1. The molecule has 1 heterocycles. The summed E-state index contributed by atoms with van der Waals surface area (Å²) in [6.45, 7) is 1.11. The normalized spacial score (nSPS) is 17.7. The number of carbonyl (C=O) groups excluding carboxylic acids is 1. The zero-order valence-corrected chi connectivity index (χ0v) is 13.0. The molecule has 0 aliphatic carbocycles. The smallest absolute Gasteiger partial charge is 0.376 e. The lowest BCUT2D eigenvalue weighted by Gasteiger charge is -2.12. The Morgan fingerprint density at radius 1 is 1.48 bits per heavy atom. The first-order chi connectivity index (χ1) is 10.9. The zero-order chi connectivity index (χ0) is 16.9. The second-order valence-electron chi connectivity index (χ2n) is 5.04. The Bertz CT molecular complexity index is 608. The summed E-state index contributed by atoms with van der Waals surface area (Å²) in [5, 5.41) is 11.4. The maximum Gasteiger partial charge on any atom is 0.417 e. The Kier molecular flexibility index (Phi) is 5.91. The summed E-state index contributed by atoms with van der Waals surface area (Å²) in [5.74, 6) is -0.251. The van der Waals surface area contributed by atoms with Gasteiger partial charge < -0.3 is 10.1 Å². The predicted octanol–water partition coefficient (Wildman–Crippen LogP) is 2.96. The molecular formula is C15H15F3N2O2S. The number of hydrogen-bond donors (Lipinski definition) is 1. The second-order valence-corrected chi connectivity index (χ2v) is 6.09. The summed E-state index contributed by atoms with van der Waals surface area (Å²) < 4.78 is 43.9. The maximum atomic E-state index is 12.9. The third kappa shape index (κ3) is 5.15. The van der Waals surface area contributed by atoms with Gasteiger partial charge in [0.05, 0.1) is 29.1 Å². The summed E-state index contributed by atoms with van der Waals surface area (Å²) in [4.78, 5) is 12.0. The van der Waals surface area contributed by atoms with Crippen molar-refractivity contribution in [3.8, 4) is 6.07 Å². The lowest BCUT2D eigenvalue weighted by Crippen LogP contribution is -2.32. The highest BCUT2D eigenvalue weighted by molar-refractivity contribution is 8.00. The van der Waals surface area contributed by atoms with Crippen LogP contribution in [0.2, 0.25) is 0 Å². The standard InChI is InChI=1S/C15H15F3N2O2S/c16-15(17,18)13-6-12(4-3-10(13)7-19)23-9-14(21)20-8-11-2-1-5-22-11/h3-4,6,11H,1-2,5,8-9H2,(H,20,21). The Balaban J connectivity index is 1.90. The number of alkyl halides is 3. The number of halogens is 3. The number of nitrogens with zero attached hydrogens (tertiary/aromatic N) is 1. The van der Waals surface area contributed by atoms with Crippen LogP contribution in [-0.2, 0) is 15.7 Å². The van der Waals surface area contributed by atoms with Crippen molar-refractivity contribution in [2.75, 3.05) is 18.9 Å². The number of thioether (sulfide) groups is 1. The molecule has 1 aromatic rings. The number of ether oxygens (including phenoxy) is 1. The Hall–Kier alpha value is -1.72. The molecule has 8 heteroatoms. The Morgan fingerprint density at radius 2 is 2.26 bits per heavy atom. The molecule has 0 spiro atoms. The van der Waals surface area contributed by atoms with Gasteiger partial charge in [-0.15, -0.1) is 11.8 Å². The van der Waals surface area contributed by atoms with Gasteiger partial charge in [0.15, 0.2) is 0 Å². The van der Waals surface area contributed by atoms with Crippen molar-refractivity contribution < 1.29 is 22.7 Å². The number of nitriles is 1. The van der Waals surface area contributed by atoms with Crippen molar-refractivity contribution in [1.29, 1.82) is 5.26 Å². The van der Waals surface area contributed by atoms with Gasteiger partial charge in [-0.1, -0.05) is 0 Å². The van der Waals surface area contributed by atoms with E-state index >= 15 is 0 Å². The molecule has 1 atom stereocenters. The van der Waals surface area contributed by atoms with Crippen LogP contribution in [0.1, 0.15) is 24.0 Å². The van der Waals surface area contributed by atoms with Crippen molar-refractivity contribution in [3.05, 3.63) is 29.3 Å². The van der Waals surface area contributed by atoms with E-state index in [2.05, 4.69) is 5.32 Å². The van der Waals surface area contributed by atoms with Gasteiger partial charge in [0, 0.05) is 18.0 Å². The molecule has 1 saturated heterocycles. The number of nitrogens with one attached hydrogen (secondary N) is 1. The van der Waals surface area contributed by atoms with Crippen molar-refractivity contribution in [2.45, 2.75) is 30.0 Å². The van der Waals surface area contributed by atoms with Crippen LogP contribution in [0.4, 0.5) is 13.2 Å². The van der Waals surface area contributed by atoms with E-state index in [-0.39, 0.29) is 17.8 Å². The SMILES string of the molecule is N#Cc1ccc(SCC(=O)NCC2CCCO2)cc1C(F)(F)F. The second kappa shape index (κ2) is 7.70. The molecule has 1 aliphatic rings. The number of hydrogen-bond acceptors (Lipinski definition) is 4. The monoisotopic (exact) mass is 344 g/mol. The van der Waals surface area contributed by atoms with E-state index in [1.54, 1.807) is 0 Å². The topological polar surface area (TPSA) is 62.1 Å². The number of amides is 1. The van der Waals surface area contributed by atoms with Crippen LogP contribution in [0.15, 0.2) is 23.1 Å². The predicted molar refractivity (Wildman–Crippen MR) is 78.9 cm³/mol. The van der Waals surface area contributed by atoms with Crippen molar-refractivity contribution in [2.24, 2.45) is 0 Å². The van der Waals surface area contributed by atoms with E-state index in [9.17, 15) is 18.0 Å². The van der Waals surface area contributed by atoms with Gasteiger partial charge in [-0.2, -0.15) is 18.4 Å². The van der Waals surface area contributed by atoms with Gasteiger partial charge in [0.1, 0.15) is 0 Å². The molecule has 0 saturated carbocycles. The van der Waals surface area contributed by atoms with E-state index < -0.39 is 17.3 Å². The minimum Gasteiger partial charge on any atom is -0.376 e. The summed E-state index contributed by atoms with van der Waals surface area (Å²) in [5.41, 5.74) is -1.41. The fourth-order valence-electron chi connectivity index (χ4n) is 2.18. The van der Waals surface area contributed by atoms with Crippen LogP contribution in [0, 0.1) is 11.3 Å². The minimum absolute atomic E-state index is 0.00984. The summed E-state index contributed by atoms with van der Waals surface area (Å²) in [6, 6.07) is 4.95. The van der Waals surface area contributed by atoms with Gasteiger partial charge in [-0.25, -0.2) is 0 Å². The molecule has 2 rings (SSSR count). The van der Waals surface area contributed by atoms with Crippen LogP contribution in [0.3, 0.4) is 0 Å². The molecule has 0 bridgehead atoms. The third-order valence-electron chi connectivity index (χ3n) is 3.34. The van der Waals surface area contributed by atoms with Crippen LogP contribution in [0.25, 0.3) is 0 Å². The van der Waals surface area contributed by atoms with Gasteiger partial charge in [0.2, 0.25) is 5.91 Å². The average Bonchev–Trinajstić information content (AvgIpc) is 3.03. The maximum absolute atomic E-state index is 12.9. The molecule has 1 amide bonds. The van der Waals surface area contributed by atoms with Gasteiger partial charge >= 0.3 is 6.18 Å². The molecule has 4 nitrogen and oxygen atoms in total. The summed E-state index contributed by atoms with van der Waals surface area (Å²) >= 11 is 0.998. The first kappa shape index (κ1) is 17.6. The first-order valence-electron chi connectivity index (χ1n) is 7.02. The van der Waals surface area contributed by atoms with Gasteiger partial charge in [-0.05, 0) is 31.0 Å². The first-order valence-corrected chi connectivity index (χ1v) is 8.01. The summed E-state index contributed by atoms with van der Waals surface area (Å²) in [7, 11) is 0. The lowest BCUT2D eigenvalue weighted by atomic mass is 10.1.